The van der Waals surface area contributed by atoms with Gasteiger partial charge in [-0.05, 0) is 12.1 Å². The molecule has 0 bridgehead atoms. The van der Waals surface area contributed by atoms with E-state index in [-0.39, 0.29) is 24.8 Å². The molecular weight excluding hydrogens is 286 g/mol. The molecular formula is C12H17NO6S. The minimum Gasteiger partial charge on any atom is -0.481 e. The lowest BCUT2D eigenvalue weighted by Gasteiger charge is -2.44. The van der Waals surface area contributed by atoms with Crippen molar-refractivity contribution in [3.8, 4) is 0 Å². The van der Waals surface area contributed by atoms with E-state index in [1.165, 1.54) is 13.2 Å². The lowest BCUT2D eigenvalue weighted by molar-refractivity contribution is -0.161. The Morgan fingerprint density at radius 2 is 2.15 bits per heavy atom. The number of carbonyl (C=O) groups is 1. The van der Waals surface area contributed by atoms with E-state index in [1.54, 1.807) is 6.07 Å². The van der Waals surface area contributed by atoms with Gasteiger partial charge in [0.05, 0.1) is 6.61 Å². The molecule has 0 atom stereocenters. The third kappa shape index (κ3) is 2.34. The molecule has 0 radical (unpaired) electrons. The number of aryl methyl sites for hydroxylation is 1. The summed E-state index contributed by atoms with van der Waals surface area (Å²) in [6, 6.07) is 3.00. The van der Waals surface area contributed by atoms with E-state index >= 15 is 0 Å². The molecule has 1 aromatic rings. The van der Waals surface area contributed by atoms with Gasteiger partial charge in [0, 0.05) is 26.6 Å². The van der Waals surface area contributed by atoms with Crippen LogP contribution in [-0.2, 0) is 26.0 Å². The van der Waals surface area contributed by atoms with Crippen molar-refractivity contribution in [3.63, 3.8) is 0 Å². The van der Waals surface area contributed by atoms with Crippen molar-refractivity contribution < 1.29 is 27.5 Å². The van der Waals surface area contributed by atoms with Crippen LogP contribution >= 0.6 is 0 Å². The second kappa shape index (κ2) is 5.19. The van der Waals surface area contributed by atoms with Crippen molar-refractivity contribution >= 4 is 16.0 Å². The molecule has 0 saturated carbocycles. The van der Waals surface area contributed by atoms with Crippen molar-refractivity contribution in [2.75, 3.05) is 26.8 Å². The Balaban J connectivity index is 2.16. The molecule has 1 fully saturated rings. The largest absolute Gasteiger partial charge is 0.481 e. The summed E-state index contributed by atoms with van der Waals surface area (Å²) >= 11 is 0. The van der Waals surface area contributed by atoms with Gasteiger partial charge in [0.15, 0.2) is 0 Å². The molecule has 0 aliphatic carbocycles. The molecule has 0 unspecified atom stereocenters. The molecule has 1 saturated heterocycles. The highest BCUT2D eigenvalue weighted by Crippen LogP contribution is 2.35. The second-order valence-corrected chi connectivity index (χ2v) is 6.73. The third-order valence-corrected chi connectivity index (χ3v) is 5.08. The Hall–Kier alpha value is -1.38. The van der Waals surface area contributed by atoms with Crippen molar-refractivity contribution in [2.24, 2.45) is 5.41 Å². The van der Waals surface area contributed by atoms with Crippen LogP contribution in [0.1, 0.15) is 12.7 Å². The number of hydrogen-bond acceptors (Lipinski definition) is 5. The van der Waals surface area contributed by atoms with E-state index < -0.39 is 21.4 Å². The summed E-state index contributed by atoms with van der Waals surface area (Å²) in [5, 5.41) is 9.04. The molecule has 2 heterocycles. The molecule has 0 spiro atoms. The average Bonchev–Trinajstić information content (AvgIpc) is 2.81. The number of carboxylic acid groups (broad SMARTS) is 1. The van der Waals surface area contributed by atoms with Gasteiger partial charge in [-0.1, -0.05) is 6.92 Å². The minimum atomic E-state index is -3.77. The van der Waals surface area contributed by atoms with Crippen molar-refractivity contribution in [1.29, 1.82) is 0 Å². The number of rotatable bonds is 6. The van der Waals surface area contributed by atoms with Crippen LogP contribution in [0.3, 0.4) is 0 Å². The van der Waals surface area contributed by atoms with Gasteiger partial charge < -0.3 is 14.3 Å². The van der Waals surface area contributed by atoms with Crippen molar-refractivity contribution in [2.45, 2.75) is 18.4 Å². The summed E-state index contributed by atoms with van der Waals surface area (Å²) in [6.45, 7) is 1.61. The van der Waals surface area contributed by atoms with Crippen LogP contribution in [0.25, 0.3) is 0 Å². The zero-order chi connectivity index (χ0) is 15.0. The molecule has 112 valence electrons. The molecule has 1 aliphatic heterocycles. The first-order chi connectivity index (χ1) is 9.35. The van der Waals surface area contributed by atoms with E-state index in [2.05, 4.69) is 0 Å². The van der Waals surface area contributed by atoms with Crippen LogP contribution in [0.5, 0.6) is 0 Å². The average molecular weight is 303 g/mol. The number of sulfonamides is 1. The van der Waals surface area contributed by atoms with Gasteiger partial charge in [0.1, 0.15) is 11.2 Å². The van der Waals surface area contributed by atoms with Crippen LogP contribution in [0.15, 0.2) is 21.6 Å². The first-order valence-corrected chi connectivity index (χ1v) is 7.61. The van der Waals surface area contributed by atoms with E-state index in [1.807, 2.05) is 6.92 Å². The molecule has 20 heavy (non-hydrogen) atoms. The van der Waals surface area contributed by atoms with E-state index in [9.17, 15) is 18.3 Å². The summed E-state index contributed by atoms with van der Waals surface area (Å²) in [4.78, 5) is 11.2. The molecule has 1 N–H and O–H groups in total. The molecule has 1 aliphatic rings. The first-order valence-electron chi connectivity index (χ1n) is 6.17. The maximum Gasteiger partial charge on any atom is 0.314 e. The minimum absolute atomic E-state index is 0.0211. The lowest BCUT2D eigenvalue weighted by atomic mass is 9.83. The quantitative estimate of drug-likeness (QED) is 0.825. The van der Waals surface area contributed by atoms with Crippen LogP contribution in [0.2, 0.25) is 0 Å². The summed E-state index contributed by atoms with van der Waals surface area (Å²) in [7, 11) is -2.38. The number of furan rings is 1. The van der Waals surface area contributed by atoms with Crippen LogP contribution in [-0.4, -0.2) is 50.6 Å². The normalized spacial score (nSPS) is 18.7. The molecule has 7 nitrogen and oxygen atoms in total. The molecule has 2 rings (SSSR count). The highest BCUT2D eigenvalue weighted by molar-refractivity contribution is 7.89. The number of nitrogens with zero attached hydrogens (tertiary/aromatic N) is 1. The monoisotopic (exact) mass is 303 g/mol. The van der Waals surface area contributed by atoms with Gasteiger partial charge in [0.25, 0.3) is 10.0 Å². The summed E-state index contributed by atoms with van der Waals surface area (Å²) in [6.07, 6.45) is 0.595. The van der Waals surface area contributed by atoms with E-state index in [0.29, 0.717) is 12.2 Å². The Bertz CT molecular complexity index is 599. The predicted octanol–water partition coefficient (Wildman–Crippen LogP) is 0.564. The van der Waals surface area contributed by atoms with E-state index in [4.69, 9.17) is 9.15 Å². The maximum absolute atomic E-state index is 12.3. The molecule has 0 aromatic carbocycles. The SMILES string of the molecule is CCc1ccc(S(=O)(=O)N2CC(COC)(C(=O)O)C2)o1. The summed E-state index contributed by atoms with van der Waals surface area (Å²) in [5.41, 5.74) is -1.16. The Morgan fingerprint density at radius 1 is 1.50 bits per heavy atom. The van der Waals surface area contributed by atoms with Gasteiger partial charge in [-0.2, -0.15) is 4.31 Å². The first kappa shape index (κ1) is 15.0. The van der Waals surface area contributed by atoms with Crippen molar-refractivity contribution in [3.05, 3.63) is 17.9 Å². The van der Waals surface area contributed by atoms with Crippen LogP contribution < -0.4 is 0 Å². The van der Waals surface area contributed by atoms with E-state index in [0.717, 1.165) is 4.31 Å². The molecule has 0 amide bonds. The lowest BCUT2D eigenvalue weighted by Crippen LogP contribution is -2.63. The topological polar surface area (TPSA) is 97.0 Å². The summed E-state index contributed by atoms with van der Waals surface area (Å²) < 4.78 is 35.7. The summed E-state index contributed by atoms with van der Waals surface area (Å²) in [5.74, 6) is -0.482. The smallest absolute Gasteiger partial charge is 0.314 e. The zero-order valence-corrected chi connectivity index (χ0v) is 12.1. The number of ether oxygens (including phenoxy) is 1. The maximum atomic E-state index is 12.3. The fourth-order valence-corrected chi connectivity index (χ4v) is 3.72. The van der Waals surface area contributed by atoms with Crippen LogP contribution in [0.4, 0.5) is 0 Å². The Kier molecular flexibility index (Phi) is 3.90. The van der Waals surface area contributed by atoms with Gasteiger partial charge in [-0.3, -0.25) is 4.79 Å². The third-order valence-electron chi connectivity index (χ3n) is 3.41. The highest BCUT2D eigenvalue weighted by atomic mass is 32.2. The van der Waals surface area contributed by atoms with Gasteiger partial charge in [0.2, 0.25) is 5.09 Å². The number of methoxy groups -OCH3 is 1. The van der Waals surface area contributed by atoms with Crippen LogP contribution in [0, 0.1) is 5.41 Å². The van der Waals surface area contributed by atoms with Gasteiger partial charge in [-0.15, -0.1) is 0 Å². The van der Waals surface area contributed by atoms with Gasteiger partial charge in [-0.25, -0.2) is 8.42 Å². The predicted molar refractivity (Wildman–Crippen MR) is 68.8 cm³/mol. The molecule has 8 heteroatoms. The Morgan fingerprint density at radius 3 is 2.60 bits per heavy atom. The highest BCUT2D eigenvalue weighted by Gasteiger charge is 2.54. The second-order valence-electron chi connectivity index (χ2n) is 4.87. The van der Waals surface area contributed by atoms with Crippen molar-refractivity contribution in [1.82, 2.24) is 4.31 Å². The Labute approximate surface area is 117 Å². The number of aliphatic carboxylic acids is 1. The van der Waals surface area contributed by atoms with Gasteiger partial charge >= 0.3 is 5.97 Å². The number of hydrogen-bond donors (Lipinski definition) is 1. The standard InChI is InChI=1S/C12H17NO6S/c1-3-9-4-5-10(19-9)20(16,17)13-6-12(7-13,8-18-2)11(14)15/h4-5H,3,6-8H2,1-2H3,(H,14,15). The fourth-order valence-electron chi connectivity index (χ4n) is 2.18. The number of carboxylic acids is 1. The zero-order valence-electron chi connectivity index (χ0n) is 11.3. The fraction of sp³-hybridized carbons (Fsp3) is 0.583. The molecule has 1 aromatic heterocycles.